The Morgan fingerprint density at radius 2 is 2.00 bits per heavy atom. The smallest absolute Gasteiger partial charge is 0.255 e. The second-order valence-electron chi connectivity index (χ2n) is 7.97. The first-order valence-corrected chi connectivity index (χ1v) is 10.7. The summed E-state index contributed by atoms with van der Waals surface area (Å²) in [6, 6.07) is 5.11. The number of hydrogen-bond donors (Lipinski definition) is 2. The van der Waals surface area contributed by atoms with E-state index in [9.17, 15) is 19.2 Å². The second kappa shape index (κ2) is 9.73. The molecule has 1 fully saturated rings. The number of unbranched alkanes of at least 4 members (excludes halogenated alkanes) is 2. The molecule has 0 bridgehead atoms. The lowest BCUT2D eigenvalue weighted by molar-refractivity contribution is -0.137. The van der Waals surface area contributed by atoms with Crippen LogP contribution in [0.1, 0.15) is 67.8 Å². The van der Waals surface area contributed by atoms with Gasteiger partial charge in [-0.25, -0.2) is 0 Å². The lowest BCUT2D eigenvalue weighted by Crippen LogP contribution is -2.52. The Morgan fingerprint density at radius 3 is 2.70 bits per heavy atom. The van der Waals surface area contributed by atoms with Gasteiger partial charge in [0.05, 0.1) is 0 Å². The van der Waals surface area contributed by atoms with E-state index < -0.39 is 11.9 Å². The highest BCUT2D eigenvalue weighted by Crippen LogP contribution is 2.34. The number of amides is 4. The first-order chi connectivity index (χ1) is 14.4. The molecule has 8 heteroatoms. The average Bonchev–Trinajstić information content (AvgIpc) is 3.03. The molecule has 162 valence electrons. The van der Waals surface area contributed by atoms with Gasteiger partial charge in [-0.05, 0) is 37.8 Å². The van der Waals surface area contributed by atoms with Gasteiger partial charge in [-0.15, -0.1) is 0 Å². The van der Waals surface area contributed by atoms with Gasteiger partial charge in [-0.2, -0.15) is 0 Å². The van der Waals surface area contributed by atoms with Crippen LogP contribution >= 0.6 is 0 Å². The maximum atomic E-state index is 13.0. The van der Waals surface area contributed by atoms with Crippen molar-refractivity contribution < 1.29 is 19.2 Å². The summed E-state index contributed by atoms with van der Waals surface area (Å²) in [7, 11) is 0. The Bertz CT molecular complexity index is 838. The molecule has 4 amide bonds. The highest BCUT2D eigenvalue weighted by atomic mass is 16.2. The zero-order valence-corrected chi connectivity index (χ0v) is 17.5. The van der Waals surface area contributed by atoms with Crippen LogP contribution < -0.4 is 16.0 Å². The van der Waals surface area contributed by atoms with Gasteiger partial charge in [0.2, 0.25) is 17.7 Å². The van der Waals surface area contributed by atoms with Crippen LogP contribution in [-0.4, -0.2) is 47.7 Å². The van der Waals surface area contributed by atoms with Crippen LogP contribution in [0.15, 0.2) is 18.2 Å². The standard InChI is InChI=1S/C22H30N4O4/c1-2-12-25(13-5-3-4-9-19(23)27)17-8-6-7-15-16(17)14-26(22(15)30)18-10-11-20(28)24-21(18)29/h6-8,18H,2-5,9-14H2,1H3,(H2,23,27)(H,24,28,29). The van der Waals surface area contributed by atoms with Crippen LogP contribution in [0.4, 0.5) is 5.69 Å². The Labute approximate surface area is 176 Å². The van der Waals surface area contributed by atoms with E-state index in [-0.39, 0.29) is 24.1 Å². The normalized spacial score (nSPS) is 18.4. The van der Waals surface area contributed by atoms with E-state index in [1.54, 1.807) is 4.90 Å². The summed E-state index contributed by atoms with van der Waals surface area (Å²) < 4.78 is 0. The predicted molar refractivity (Wildman–Crippen MR) is 113 cm³/mol. The van der Waals surface area contributed by atoms with E-state index in [2.05, 4.69) is 17.1 Å². The fourth-order valence-corrected chi connectivity index (χ4v) is 4.27. The van der Waals surface area contributed by atoms with Gasteiger partial charge in [0.25, 0.3) is 5.91 Å². The predicted octanol–water partition coefficient (Wildman–Crippen LogP) is 1.71. The molecule has 0 spiro atoms. The number of carbonyl (C=O) groups excluding carboxylic acids is 4. The third-order valence-corrected chi connectivity index (χ3v) is 5.74. The molecular formula is C22H30N4O4. The summed E-state index contributed by atoms with van der Waals surface area (Å²) in [6.07, 6.45) is 4.61. The summed E-state index contributed by atoms with van der Waals surface area (Å²) in [6.45, 7) is 4.18. The van der Waals surface area contributed by atoms with Crippen molar-refractivity contribution in [1.29, 1.82) is 0 Å². The molecular weight excluding hydrogens is 384 g/mol. The maximum absolute atomic E-state index is 13.0. The molecule has 0 radical (unpaired) electrons. The van der Waals surface area contributed by atoms with Crippen molar-refractivity contribution in [2.24, 2.45) is 5.73 Å². The summed E-state index contributed by atoms with van der Waals surface area (Å²) in [5, 5.41) is 2.34. The largest absolute Gasteiger partial charge is 0.371 e. The van der Waals surface area contributed by atoms with Gasteiger partial charge >= 0.3 is 0 Å². The van der Waals surface area contributed by atoms with E-state index in [0.29, 0.717) is 24.9 Å². The lowest BCUT2D eigenvalue weighted by atomic mass is 10.0. The zero-order chi connectivity index (χ0) is 21.7. The minimum atomic E-state index is -0.608. The topological polar surface area (TPSA) is 113 Å². The van der Waals surface area contributed by atoms with Crippen LogP contribution in [-0.2, 0) is 20.9 Å². The SMILES string of the molecule is CCCN(CCCCCC(N)=O)c1cccc2c1CN(C1CCC(=O)NC1=O)C2=O. The van der Waals surface area contributed by atoms with Crippen LogP contribution in [0.25, 0.3) is 0 Å². The Kier molecular flexibility index (Phi) is 7.07. The van der Waals surface area contributed by atoms with Crippen LogP contribution in [0, 0.1) is 0 Å². The van der Waals surface area contributed by atoms with Gasteiger partial charge in [0.15, 0.2) is 0 Å². The van der Waals surface area contributed by atoms with E-state index in [4.69, 9.17) is 5.73 Å². The molecule has 3 N–H and O–H groups in total. The molecule has 1 saturated heterocycles. The minimum Gasteiger partial charge on any atom is -0.371 e. The summed E-state index contributed by atoms with van der Waals surface area (Å²) in [5.74, 6) is -1.10. The first-order valence-electron chi connectivity index (χ1n) is 10.7. The zero-order valence-electron chi connectivity index (χ0n) is 17.5. The number of nitrogens with two attached hydrogens (primary N) is 1. The molecule has 1 aromatic carbocycles. The highest BCUT2D eigenvalue weighted by Gasteiger charge is 2.40. The van der Waals surface area contributed by atoms with Crippen molar-refractivity contribution in [2.45, 2.75) is 64.5 Å². The highest BCUT2D eigenvalue weighted by molar-refractivity contribution is 6.06. The number of imide groups is 1. The van der Waals surface area contributed by atoms with Crippen LogP contribution in [0.3, 0.4) is 0 Å². The maximum Gasteiger partial charge on any atom is 0.255 e. The number of primary amides is 1. The van der Waals surface area contributed by atoms with Crippen molar-refractivity contribution in [3.8, 4) is 0 Å². The quantitative estimate of drug-likeness (QED) is 0.447. The van der Waals surface area contributed by atoms with Gasteiger partial charge in [0.1, 0.15) is 6.04 Å². The number of fused-ring (bicyclic) bond motifs is 1. The lowest BCUT2D eigenvalue weighted by Gasteiger charge is -2.30. The number of benzene rings is 1. The molecule has 1 aromatic rings. The number of carbonyl (C=O) groups is 4. The average molecular weight is 415 g/mol. The molecule has 1 unspecified atom stereocenters. The second-order valence-corrected chi connectivity index (χ2v) is 7.97. The third kappa shape index (κ3) is 4.80. The summed E-state index contributed by atoms with van der Waals surface area (Å²) >= 11 is 0. The molecule has 0 saturated carbocycles. The van der Waals surface area contributed by atoms with Crippen LogP contribution in [0.5, 0.6) is 0 Å². The van der Waals surface area contributed by atoms with E-state index in [1.165, 1.54) is 0 Å². The van der Waals surface area contributed by atoms with E-state index >= 15 is 0 Å². The fourth-order valence-electron chi connectivity index (χ4n) is 4.27. The van der Waals surface area contributed by atoms with Crippen molar-refractivity contribution in [2.75, 3.05) is 18.0 Å². The van der Waals surface area contributed by atoms with Crippen molar-refractivity contribution >= 4 is 29.3 Å². The Morgan fingerprint density at radius 1 is 1.20 bits per heavy atom. The number of nitrogens with zero attached hydrogens (tertiary/aromatic N) is 2. The van der Waals surface area contributed by atoms with Crippen molar-refractivity contribution in [3.05, 3.63) is 29.3 Å². The number of piperidine rings is 1. The number of anilines is 1. The van der Waals surface area contributed by atoms with Gasteiger partial charge < -0.3 is 15.5 Å². The summed E-state index contributed by atoms with van der Waals surface area (Å²) in [5.41, 5.74) is 7.80. The molecule has 3 rings (SSSR count). The molecule has 2 heterocycles. The third-order valence-electron chi connectivity index (χ3n) is 5.74. The molecule has 2 aliphatic rings. The number of hydrogen-bond acceptors (Lipinski definition) is 5. The molecule has 8 nitrogen and oxygen atoms in total. The molecule has 30 heavy (non-hydrogen) atoms. The molecule has 0 aliphatic carbocycles. The first kappa shape index (κ1) is 21.8. The number of nitrogens with one attached hydrogen (secondary N) is 1. The molecule has 0 aromatic heterocycles. The monoisotopic (exact) mass is 414 g/mol. The van der Waals surface area contributed by atoms with Crippen LogP contribution in [0.2, 0.25) is 0 Å². The van der Waals surface area contributed by atoms with Gasteiger partial charge in [-0.1, -0.05) is 19.4 Å². The van der Waals surface area contributed by atoms with Crippen molar-refractivity contribution in [3.63, 3.8) is 0 Å². The molecule has 1 atom stereocenters. The van der Waals surface area contributed by atoms with Crippen molar-refractivity contribution in [1.82, 2.24) is 10.2 Å². The minimum absolute atomic E-state index is 0.153. The van der Waals surface area contributed by atoms with E-state index in [0.717, 1.165) is 50.0 Å². The summed E-state index contributed by atoms with van der Waals surface area (Å²) in [4.78, 5) is 51.6. The fraction of sp³-hybridized carbons (Fsp3) is 0.545. The van der Waals surface area contributed by atoms with Gasteiger partial charge in [0, 0.05) is 49.3 Å². The Hall–Kier alpha value is -2.90. The Balaban J connectivity index is 1.74. The molecule has 2 aliphatic heterocycles. The van der Waals surface area contributed by atoms with E-state index in [1.807, 2.05) is 18.2 Å². The van der Waals surface area contributed by atoms with Gasteiger partial charge in [-0.3, -0.25) is 24.5 Å². The number of rotatable bonds is 10.